The van der Waals surface area contributed by atoms with Crippen LogP contribution in [0.5, 0.6) is 0 Å². The zero-order chi connectivity index (χ0) is 6.53. The van der Waals surface area contributed by atoms with Gasteiger partial charge in [-0.1, -0.05) is 12.2 Å². The molecule has 0 aliphatic heterocycles. The van der Waals surface area contributed by atoms with Crippen molar-refractivity contribution in [3.8, 4) is 0 Å². The Labute approximate surface area is 55.0 Å². The monoisotopic (exact) mass is 122 g/mol. The summed E-state index contributed by atoms with van der Waals surface area (Å²) in [6.45, 7) is 0.227. The fourth-order valence-electron chi connectivity index (χ4n) is 0.764. The van der Waals surface area contributed by atoms with E-state index in [1.807, 2.05) is 24.3 Å². The zero-order valence-electron chi connectivity index (χ0n) is 5.25. The van der Waals surface area contributed by atoms with E-state index in [1.54, 1.807) is 0 Å². The van der Waals surface area contributed by atoms with Gasteiger partial charge in [-0.05, 0) is 18.6 Å². The van der Waals surface area contributed by atoms with Gasteiger partial charge in [0.1, 0.15) is 0 Å². The predicted octanol–water partition coefficient (Wildman–Crippen LogP) is 1.27. The van der Waals surface area contributed by atoms with Gasteiger partial charge in [0.25, 0.3) is 0 Å². The quantitative estimate of drug-likeness (QED) is 0.519. The van der Waals surface area contributed by atoms with Crippen molar-refractivity contribution in [2.24, 2.45) is 5.92 Å². The molecule has 0 aromatic rings. The van der Waals surface area contributed by atoms with E-state index < -0.39 is 0 Å². The van der Waals surface area contributed by atoms with Gasteiger partial charge in [-0.25, -0.2) is 0 Å². The zero-order valence-corrected chi connectivity index (χ0v) is 5.25. The molecule has 0 radical (unpaired) electrons. The molecule has 1 aliphatic carbocycles. The molecule has 0 saturated heterocycles. The van der Waals surface area contributed by atoms with Crippen LogP contribution in [-0.4, -0.2) is 11.7 Å². The van der Waals surface area contributed by atoms with Crippen molar-refractivity contribution in [3.05, 3.63) is 30.0 Å². The van der Waals surface area contributed by atoms with Crippen molar-refractivity contribution >= 4 is 0 Å². The van der Waals surface area contributed by atoms with E-state index in [2.05, 4.69) is 5.73 Å². The first kappa shape index (κ1) is 6.34. The number of aliphatic hydroxyl groups is 1. The van der Waals surface area contributed by atoms with Gasteiger partial charge < -0.3 is 5.11 Å². The summed E-state index contributed by atoms with van der Waals surface area (Å²) >= 11 is 0. The minimum absolute atomic E-state index is 0.227. The number of allylic oxidation sites excluding steroid dienone is 2. The molecule has 0 fully saturated rings. The molecular formula is C8H10O. The average molecular weight is 122 g/mol. The molecule has 0 heterocycles. The highest BCUT2D eigenvalue weighted by atomic mass is 16.3. The third-order valence-electron chi connectivity index (χ3n) is 1.33. The molecule has 1 N–H and O–H groups in total. The molecule has 1 unspecified atom stereocenters. The molecule has 0 aromatic heterocycles. The second-order valence-electron chi connectivity index (χ2n) is 2.11. The van der Waals surface area contributed by atoms with E-state index in [0.29, 0.717) is 0 Å². The van der Waals surface area contributed by atoms with E-state index in [1.165, 1.54) is 0 Å². The molecule has 0 bridgehead atoms. The summed E-state index contributed by atoms with van der Waals surface area (Å²) in [5.41, 5.74) is 2.95. The van der Waals surface area contributed by atoms with Gasteiger partial charge in [-0.2, -0.15) is 0 Å². The molecule has 0 aromatic carbocycles. The van der Waals surface area contributed by atoms with Gasteiger partial charge >= 0.3 is 0 Å². The van der Waals surface area contributed by atoms with Crippen molar-refractivity contribution in [2.75, 3.05) is 6.61 Å². The maximum atomic E-state index is 8.70. The largest absolute Gasteiger partial charge is 0.396 e. The van der Waals surface area contributed by atoms with Gasteiger partial charge in [0.05, 0.1) is 6.61 Å². The first-order chi connectivity index (χ1) is 4.43. The molecule has 1 aliphatic rings. The average Bonchev–Trinajstić information content (AvgIpc) is 2.13. The van der Waals surface area contributed by atoms with Crippen LogP contribution in [0.4, 0.5) is 0 Å². The van der Waals surface area contributed by atoms with Crippen LogP contribution in [0, 0.1) is 5.92 Å². The summed E-state index contributed by atoms with van der Waals surface area (Å²) < 4.78 is 0. The molecule has 0 spiro atoms. The number of rotatable bonds is 1. The number of hydrogen-bond donors (Lipinski definition) is 1. The first-order valence-electron chi connectivity index (χ1n) is 3.12. The van der Waals surface area contributed by atoms with Crippen LogP contribution in [0.25, 0.3) is 0 Å². The minimum atomic E-state index is 0.227. The summed E-state index contributed by atoms with van der Waals surface area (Å²) in [7, 11) is 0. The smallest absolute Gasteiger partial charge is 0.0502 e. The number of hydrogen-bond acceptors (Lipinski definition) is 1. The molecule has 1 atom stereocenters. The SMILES string of the molecule is OCC1C=C=CC=CC1. The van der Waals surface area contributed by atoms with Crippen molar-refractivity contribution in [1.82, 2.24) is 0 Å². The first-order valence-corrected chi connectivity index (χ1v) is 3.12. The fourth-order valence-corrected chi connectivity index (χ4v) is 0.764. The Morgan fingerprint density at radius 1 is 1.67 bits per heavy atom. The van der Waals surface area contributed by atoms with Crippen LogP contribution in [0.2, 0.25) is 0 Å². The third kappa shape index (κ3) is 1.88. The third-order valence-corrected chi connectivity index (χ3v) is 1.33. The second-order valence-corrected chi connectivity index (χ2v) is 2.11. The Morgan fingerprint density at radius 3 is 3.33 bits per heavy atom. The highest BCUT2D eigenvalue weighted by molar-refractivity contribution is 5.08. The van der Waals surface area contributed by atoms with Crippen LogP contribution in [0.3, 0.4) is 0 Å². The van der Waals surface area contributed by atoms with Crippen molar-refractivity contribution in [3.63, 3.8) is 0 Å². The maximum absolute atomic E-state index is 8.70. The van der Waals surface area contributed by atoms with E-state index >= 15 is 0 Å². The minimum Gasteiger partial charge on any atom is -0.396 e. The Bertz CT molecular complexity index is 161. The van der Waals surface area contributed by atoms with Crippen LogP contribution in [0.15, 0.2) is 30.0 Å². The van der Waals surface area contributed by atoms with E-state index in [-0.39, 0.29) is 12.5 Å². The Balaban J connectivity index is 2.60. The van der Waals surface area contributed by atoms with Gasteiger partial charge in [-0.15, -0.1) is 5.73 Å². The van der Waals surface area contributed by atoms with E-state index in [4.69, 9.17) is 5.11 Å². The summed E-state index contributed by atoms with van der Waals surface area (Å²) in [5.74, 6) is 0.278. The van der Waals surface area contributed by atoms with Crippen LogP contribution in [0.1, 0.15) is 6.42 Å². The van der Waals surface area contributed by atoms with E-state index in [0.717, 1.165) is 6.42 Å². The molecular weight excluding hydrogens is 112 g/mol. The highest BCUT2D eigenvalue weighted by Crippen LogP contribution is 2.06. The fraction of sp³-hybridized carbons (Fsp3) is 0.375. The van der Waals surface area contributed by atoms with Gasteiger partial charge in [-0.3, -0.25) is 0 Å². The normalized spacial score (nSPS) is 24.3. The predicted molar refractivity (Wildman–Crippen MR) is 37.0 cm³/mol. The molecule has 1 heteroatoms. The van der Waals surface area contributed by atoms with Crippen LogP contribution < -0.4 is 0 Å². The topological polar surface area (TPSA) is 20.2 Å². The van der Waals surface area contributed by atoms with Gasteiger partial charge in [0, 0.05) is 5.92 Å². The number of aliphatic hydroxyl groups excluding tert-OH is 1. The van der Waals surface area contributed by atoms with Crippen molar-refractivity contribution in [1.29, 1.82) is 0 Å². The Hall–Kier alpha value is -0.780. The lowest BCUT2D eigenvalue weighted by molar-refractivity contribution is 0.254. The van der Waals surface area contributed by atoms with Gasteiger partial charge in [0.15, 0.2) is 0 Å². The summed E-state index contributed by atoms with van der Waals surface area (Å²) in [6, 6.07) is 0. The summed E-state index contributed by atoms with van der Waals surface area (Å²) in [5, 5.41) is 8.70. The van der Waals surface area contributed by atoms with Crippen molar-refractivity contribution in [2.45, 2.75) is 6.42 Å². The standard InChI is InChI=1S/C8H10O/c9-7-8-5-3-1-2-4-6-8/h1-3,6,8-9H,5,7H2. The van der Waals surface area contributed by atoms with Gasteiger partial charge in [0.2, 0.25) is 0 Å². The lowest BCUT2D eigenvalue weighted by Gasteiger charge is -2.00. The highest BCUT2D eigenvalue weighted by Gasteiger charge is 1.99. The Kier molecular flexibility index (Phi) is 2.32. The second kappa shape index (κ2) is 3.29. The van der Waals surface area contributed by atoms with Crippen molar-refractivity contribution < 1.29 is 5.11 Å². The van der Waals surface area contributed by atoms with Crippen LogP contribution in [-0.2, 0) is 0 Å². The molecule has 0 amide bonds. The summed E-state index contributed by atoms with van der Waals surface area (Å²) in [6.07, 6.45) is 8.68. The molecule has 1 nitrogen and oxygen atoms in total. The maximum Gasteiger partial charge on any atom is 0.0502 e. The molecule has 1 rings (SSSR count). The lowest BCUT2D eigenvalue weighted by atomic mass is 10.1. The lowest BCUT2D eigenvalue weighted by Crippen LogP contribution is -1.98. The molecule has 48 valence electrons. The van der Waals surface area contributed by atoms with Crippen LogP contribution >= 0.6 is 0 Å². The Morgan fingerprint density at radius 2 is 2.56 bits per heavy atom. The summed E-state index contributed by atoms with van der Waals surface area (Å²) in [4.78, 5) is 0. The molecule has 0 saturated carbocycles. The molecule has 9 heavy (non-hydrogen) atoms. The van der Waals surface area contributed by atoms with E-state index in [9.17, 15) is 0 Å².